The second-order valence-corrected chi connectivity index (χ2v) is 5.49. The third-order valence-corrected chi connectivity index (χ3v) is 3.90. The van der Waals surface area contributed by atoms with Gasteiger partial charge in [0.25, 0.3) is 11.8 Å². The molecule has 3 rings (SSSR count). The van der Waals surface area contributed by atoms with Crippen molar-refractivity contribution in [3.63, 3.8) is 0 Å². The molecule has 1 fully saturated rings. The van der Waals surface area contributed by atoms with Crippen LogP contribution in [0.3, 0.4) is 0 Å². The van der Waals surface area contributed by atoms with Crippen molar-refractivity contribution in [2.75, 3.05) is 11.4 Å². The molecule has 1 atom stereocenters. The smallest absolute Gasteiger partial charge is 0.290 e. The fourth-order valence-corrected chi connectivity index (χ4v) is 2.75. The van der Waals surface area contributed by atoms with Gasteiger partial charge < -0.3 is 9.32 Å². The molecular weight excluding hydrogens is 327 g/mol. The summed E-state index contributed by atoms with van der Waals surface area (Å²) >= 11 is 0. The van der Waals surface area contributed by atoms with E-state index in [-0.39, 0.29) is 24.4 Å². The van der Waals surface area contributed by atoms with E-state index in [1.807, 2.05) is 0 Å². The maximum absolute atomic E-state index is 13.1. The molecule has 0 spiro atoms. The Bertz CT molecular complexity index is 814. The van der Waals surface area contributed by atoms with Crippen LogP contribution in [0, 0.1) is 5.82 Å². The number of imide groups is 1. The molecular formula is C18H15FN2O4. The SMILES string of the molecule is C=CCN(C(=O)c1ccco1)C1CC(=O)N(c2ccc(F)cc2)C1=O. The lowest BCUT2D eigenvalue weighted by molar-refractivity contribution is -0.122. The van der Waals surface area contributed by atoms with E-state index < -0.39 is 29.6 Å². The van der Waals surface area contributed by atoms with Crippen LogP contribution in [0.1, 0.15) is 17.0 Å². The second kappa shape index (κ2) is 6.72. The van der Waals surface area contributed by atoms with Crippen LogP contribution in [0.25, 0.3) is 0 Å². The first kappa shape index (κ1) is 16.6. The lowest BCUT2D eigenvalue weighted by atomic mass is 10.2. The maximum atomic E-state index is 13.1. The Morgan fingerprint density at radius 3 is 2.64 bits per heavy atom. The summed E-state index contributed by atoms with van der Waals surface area (Å²) in [6.07, 6.45) is 2.67. The Morgan fingerprint density at radius 2 is 2.04 bits per heavy atom. The number of carbonyl (C=O) groups is 3. The van der Waals surface area contributed by atoms with Crippen LogP contribution in [0.4, 0.5) is 10.1 Å². The first-order valence-electron chi connectivity index (χ1n) is 7.60. The van der Waals surface area contributed by atoms with Crippen molar-refractivity contribution in [2.24, 2.45) is 0 Å². The fourth-order valence-electron chi connectivity index (χ4n) is 2.75. The Labute approximate surface area is 143 Å². The van der Waals surface area contributed by atoms with E-state index in [1.54, 1.807) is 6.07 Å². The van der Waals surface area contributed by atoms with Gasteiger partial charge >= 0.3 is 0 Å². The van der Waals surface area contributed by atoms with Gasteiger partial charge in [0, 0.05) is 6.54 Å². The summed E-state index contributed by atoms with van der Waals surface area (Å²) in [7, 11) is 0. The summed E-state index contributed by atoms with van der Waals surface area (Å²) in [5, 5.41) is 0. The van der Waals surface area contributed by atoms with Crippen molar-refractivity contribution in [1.29, 1.82) is 0 Å². The summed E-state index contributed by atoms with van der Waals surface area (Å²) in [5.41, 5.74) is 0.267. The molecule has 0 radical (unpaired) electrons. The number of amides is 3. The zero-order chi connectivity index (χ0) is 18.0. The molecule has 7 heteroatoms. The maximum Gasteiger partial charge on any atom is 0.290 e. The molecule has 1 unspecified atom stereocenters. The molecule has 1 aliphatic heterocycles. The van der Waals surface area contributed by atoms with Crippen molar-refractivity contribution in [1.82, 2.24) is 4.90 Å². The van der Waals surface area contributed by atoms with Crippen molar-refractivity contribution < 1.29 is 23.2 Å². The van der Waals surface area contributed by atoms with Crippen LogP contribution in [0.15, 0.2) is 59.7 Å². The van der Waals surface area contributed by atoms with Crippen LogP contribution in [-0.4, -0.2) is 35.2 Å². The molecule has 1 aliphatic rings. The van der Waals surface area contributed by atoms with E-state index >= 15 is 0 Å². The number of benzene rings is 1. The number of halogens is 1. The highest BCUT2D eigenvalue weighted by Gasteiger charge is 2.44. The number of anilines is 1. The van der Waals surface area contributed by atoms with Crippen LogP contribution < -0.4 is 4.90 Å². The highest BCUT2D eigenvalue weighted by atomic mass is 19.1. The lowest BCUT2D eigenvalue weighted by Gasteiger charge is -2.25. The van der Waals surface area contributed by atoms with E-state index in [2.05, 4.69) is 6.58 Å². The molecule has 6 nitrogen and oxygen atoms in total. The van der Waals surface area contributed by atoms with Gasteiger partial charge in [0.1, 0.15) is 11.9 Å². The van der Waals surface area contributed by atoms with Gasteiger partial charge in [-0.2, -0.15) is 0 Å². The van der Waals surface area contributed by atoms with Gasteiger partial charge in [-0.3, -0.25) is 14.4 Å². The van der Waals surface area contributed by atoms with E-state index in [9.17, 15) is 18.8 Å². The molecule has 128 valence electrons. The highest BCUT2D eigenvalue weighted by molar-refractivity contribution is 6.23. The fraction of sp³-hybridized carbons (Fsp3) is 0.167. The summed E-state index contributed by atoms with van der Waals surface area (Å²) in [6.45, 7) is 3.67. The van der Waals surface area contributed by atoms with Crippen LogP contribution in [0.2, 0.25) is 0 Å². The number of rotatable bonds is 5. The van der Waals surface area contributed by atoms with Gasteiger partial charge in [-0.1, -0.05) is 6.08 Å². The minimum atomic E-state index is -0.965. The monoisotopic (exact) mass is 342 g/mol. The van der Waals surface area contributed by atoms with Crippen molar-refractivity contribution in [3.8, 4) is 0 Å². The van der Waals surface area contributed by atoms with Crippen molar-refractivity contribution in [3.05, 3.63) is 66.9 Å². The van der Waals surface area contributed by atoms with Gasteiger partial charge in [0.05, 0.1) is 18.4 Å². The first-order chi connectivity index (χ1) is 12.0. The quantitative estimate of drug-likeness (QED) is 0.618. The van der Waals surface area contributed by atoms with Crippen LogP contribution in [-0.2, 0) is 9.59 Å². The van der Waals surface area contributed by atoms with Gasteiger partial charge in [-0.15, -0.1) is 6.58 Å². The standard InChI is InChI=1S/C18H15FN2O4/c1-2-9-20(18(24)15-4-3-10-25-15)14-11-16(22)21(17(14)23)13-7-5-12(19)6-8-13/h2-8,10,14H,1,9,11H2. The predicted octanol–water partition coefficient (Wildman–Crippen LogP) is 2.38. The largest absolute Gasteiger partial charge is 0.459 e. The second-order valence-electron chi connectivity index (χ2n) is 5.49. The summed E-state index contributed by atoms with van der Waals surface area (Å²) in [4.78, 5) is 39.9. The zero-order valence-corrected chi connectivity index (χ0v) is 13.2. The Kier molecular flexibility index (Phi) is 4.47. The zero-order valence-electron chi connectivity index (χ0n) is 13.2. The number of hydrogen-bond donors (Lipinski definition) is 0. The van der Waals surface area contributed by atoms with Gasteiger partial charge in [-0.25, -0.2) is 9.29 Å². The molecule has 2 aromatic rings. The topological polar surface area (TPSA) is 70.8 Å². The summed E-state index contributed by atoms with van der Waals surface area (Å²) in [6, 6.07) is 7.10. The third kappa shape index (κ3) is 3.08. The minimum absolute atomic E-state index is 0.0716. The Hall–Kier alpha value is -3.22. The van der Waals surface area contributed by atoms with Gasteiger partial charge in [0.15, 0.2) is 5.76 Å². The average molecular weight is 342 g/mol. The normalized spacial score (nSPS) is 17.0. The summed E-state index contributed by atoms with van der Waals surface area (Å²) in [5.74, 6) is -1.90. The molecule has 25 heavy (non-hydrogen) atoms. The Morgan fingerprint density at radius 1 is 1.32 bits per heavy atom. The first-order valence-corrected chi connectivity index (χ1v) is 7.60. The molecule has 0 N–H and O–H groups in total. The van der Waals surface area contributed by atoms with Crippen LogP contribution >= 0.6 is 0 Å². The van der Waals surface area contributed by atoms with E-state index in [0.29, 0.717) is 0 Å². The summed E-state index contributed by atoms with van der Waals surface area (Å²) < 4.78 is 18.2. The number of carbonyl (C=O) groups excluding carboxylic acids is 3. The van der Waals surface area contributed by atoms with Gasteiger partial charge in [-0.05, 0) is 36.4 Å². The van der Waals surface area contributed by atoms with Crippen LogP contribution in [0.5, 0.6) is 0 Å². The van der Waals surface area contributed by atoms with Gasteiger partial charge in [0.2, 0.25) is 5.91 Å². The molecule has 1 aromatic heterocycles. The molecule has 0 saturated carbocycles. The number of furan rings is 1. The van der Waals surface area contributed by atoms with Crippen molar-refractivity contribution >= 4 is 23.4 Å². The predicted molar refractivity (Wildman–Crippen MR) is 87.2 cm³/mol. The number of nitrogens with zero attached hydrogens (tertiary/aromatic N) is 2. The lowest BCUT2D eigenvalue weighted by Crippen LogP contribution is -2.45. The third-order valence-electron chi connectivity index (χ3n) is 3.90. The highest BCUT2D eigenvalue weighted by Crippen LogP contribution is 2.27. The molecule has 1 aromatic carbocycles. The minimum Gasteiger partial charge on any atom is -0.459 e. The molecule has 0 bridgehead atoms. The van der Waals surface area contributed by atoms with E-state index in [0.717, 1.165) is 4.90 Å². The molecule has 3 amide bonds. The van der Waals surface area contributed by atoms with Crippen molar-refractivity contribution in [2.45, 2.75) is 12.5 Å². The molecule has 2 heterocycles. The average Bonchev–Trinajstić information content (AvgIpc) is 3.22. The molecule has 1 saturated heterocycles. The molecule has 0 aliphatic carbocycles. The van der Waals surface area contributed by atoms with E-state index in [4.69, 9.17) is 4.42 Å². The Balaban J connectivity index is 1.89. The van der Waals surface area contributed by atoms with E-state index in [1.165, 1.54) is 47.6 Å². The number of hydrogen-bond acceptors (Lipinski definition) is 4.